The summed E-state index contributed by atoms with van der Waals surface area (Å²) in [6.07, 6.45) is 7.12. The van der Waals surface area contributed by atoms with Gasteiger partial charge in [0.15, 0.2) is 5.96 Å². The molecule has 4 heteroatoms. The number of nitrogens with two attached hydrogens (primary N) is 1. The molecule has 3 nitrogen and oxygen atoms in total. The topological polar surface area (TPSA) is 41.6 Å². The Labute approximate surface area is 126 Å². The number of halogens is 1. The van der Waals surface area contributed by atoms with Gasteiger partial charge in [-0.05, 0) is 43.4 Å². The monoisotopic (exact) mass is 289 g/mol. The maximum absolute atomic E-state index is 13.6. The number of rotatable bonds is 2. The van der Waals surface area contributed by atoms with Gasteiger partial charge in [0.2, 0.25) is 0 Å². The second kappa shape index (κ2) is 5.66. The SMILES string of the molecule is CCC1CCCC2(CC1)CN=C(N)N2c1cccc(F)c1. The van der Waals surface area contributed by atoms with E-state index in [2.05, 4.69) is 16.8 Å². The molecule has 0 radical (unpaired) electrons. The quantitative estimate of drug-likeness (QED) is 0.902. The fourth-order valence-corrected chi connectivity index (χ4v) is 3.89. The molecule has 2 N–H and O–H groups in total. The number of aliphatic imine (C=N–C) groups is 1. The first-order valence-corrected chi connectivity index (χ1v) is 8.00. The average molecular weight is 289 g/mol. The zero-order valence-electron chi connectivity index (χ0n) is 12.7. The summed E-state index contributed by atoms with van der Waals surface area (Å²) in [7, 11) is 0. The normalized spacial score (nSPS) is 29.5. The van der Waals surface area contributed by atoms with E-state index in [9.17, 15) is 4.39 Å². The molecule has 2 atom stereocenters. The van der Waals surface area contributed by atoms with Gasteiger partial charge in [0.25, 0.3) is 0 Å². The molecule has 1 aromatic carbocycles. The molecule has 0 bridgehead atoms. The summed E-state index contributed by atoms with van der Waals surface area (Å²) in [5, 5.41) is 0. The summed E-state index contributed by atoms with van der Waals surface area (Å²) in [4.78, 5) is 6.58. The molecular weight excluding hydrogens is 265 g/mol. The highest BCUT2D eigenvalue weighted by Crippen LogP contribution is 2.41. The second-order valence-corrected chi connectivity index (χ2v) is 6.42. The molecule has 1 aliphatic heterocycles. The van der Waals surface area contributed by atoms with Crippen LogP contribution in [-0.2, 0) is 0 Å². The standard InChI is InChI=1S/C17H24FN3/c1-2-13-5-4-9-17(10-8-13)12-20-16(19)21(17)15-7-3-6-14(18)11-15/h3,6-7,11,13H,2,4-5,8-10,12H2,1H3,(H2,19,20). The molecule has 3 rings (SSSR count). The summed E-state index contributed by atoms with van der Waals surface area (Å²) >= 11 is 0. The first kappa shape index (κ1) is 14.4. The van der Waals surface area contributed by atoms with Crippen LogP contribution in [-0.4, -0.2) is 18.0 Å². The summed E-state index contributed by atoms with van der Waals surface area (Å²) in [6.45, 7) is 3.01. The predicted octanol–water partition coefficient (Wildman–Crippen LogP) is 3.69. The van der Waals surface area contributed by atoms with Gasteiger partial charge in [0, 0.05) is 5.69 Å². The minimum atomic E-state index is -0.220. The molecular formula is C17H24FN3. The van der Waals surface area contributed by atoms with Gasteiger partial charge in [0.1, 0.15) is 5.82 Å². The Morgan fingerprint density at radius 1 is 1.38 bits per heavy atom. The maximum Gasteiger partial charge on any atom is 0.196 e. The lowest BCUT2D eigenvalue weighted by atomic mass is 9.88. The molecule has 1 aromatic rings. The highest BCUT2D eigenvalue weighted by atomic mass is 19.1. The Hall–Kier alpha value is -1.58. The van der Waals surface area contributed by atoms with Crippen LogP contribution in [0, 0.1) is 11.7 Å². The van der Waals surface area contributed by atoms with Crippen molar-refractivity contribution >= 4 is 11.6 Å². The van der Waals surface area contributed by atoms with Crippen molar-refractivity contribution in [2.24, 2.45) is 16.6 Å². The molecule has 2 aliphatic rings. The van der Waals surface area contributed by atoms with Gasteiger partial charge in [-0.1, -0.05) is 32.3 Å². The van der Waals surface area contributed by atoms with Crippen molar-refractivity contribution in [3.8, 4) is 0 Å². The van der Waals surface area contributed by atoms with Crippen LogP contribution in [0.25, 0.3) is 0 Å². The summed E-state index contributed by atoms with van der Waals surface area (Å²) in [6, 6.07) is 6.72. The number of benzene rings is 1. The minimum absolute atomic E-state index is 0.0399. The summed E-state index contributed by atoms with van der Waals surface area (Å²) in [5.41, 5.74) is 6.94. The highest BCUT2D eigenvalue weighted by Gasteiger charge is 2.43. The average Bonchev–Trinajstić information content (AvgIpc) is 2.67. The fraction of sp³-hybridized carbons (Fsp3) is 0.588. The van der Waals surface area contributed by atoms with Crippen LogP contribution in [0.15, 0.2) is 29.3 Å². The molecule has 1 spiro atoms. The van der Waals surface area contributed by atoms with Crippen LogP contribution in [0.4, 0.5) is 10.1 Å². The lowest BCUT2D eigenvalue weighted by Crippen LogP contribution is -2.51. The van der Waals surface area contributed by atoms with Gasteiger partial charge in [-0.25, -0.2) is 4.39 Å². The van der Waals surface area contributed by atoms with Crippen LogP contribution in [0.2, 0.25) is 0 Å². The molecule has 0 saturated heterocycles. The Kier molecular flexibility index (Phi) is 3.87. The molecule has 1 aliphatic carbocycles. The molecule has 21 heavy (non-hydrogen) atoms. The van der Waals surface area contributed by atoms with Gasteiger partial charge >= 0.3 is 0 Å². The van der Waals surface area contributed by atoms with E-state index < -0.39 is 0 Å². The van der Waals surface area contributed by atoms with E-state index in [0.29, 0.717) is 5.96 Å². The molecule has 0 aromatic heterocycles. The number of anilines is 1. The first-order chi connectivity index (χ1) is 10.1. The second-order valence-electron chi connectivity index (χ2n) is 6.42. The third-order valence-corrected chi connectivity index (χ3v) is 5.16. The van der Waals surface area contributed by atoms with Crippen molar-refractivity contribution in [1.82, 2.24) is 0 Å². The van der Waals surface area contributed by atoms with Crippen molar-refractivity contribution in [2.45, 2.75) is 51.0 Å². The molecule has 0 amide bonds. The van der Waals surface area contributed by atoms with Crippen molar-refractivity contribution in [3.63, 3.8) is 0 Å². The molecule has 2 unspecified atom stereocenters. The Balaban J connectivity index is 1.91. The first-order valence-electron chi connectivity index (χ1n) is 8.00. The van der Waals surface area contributed by atoms with Crippen LogP contribution in [0.5, 0.6) is 0 Å². The summed E-state index contributed by atoms with van der Waals surface area (Å²) in [5.74, 6) is 1.12. The van der Waals surface area contributed by atoms with E-state index in [1.807, 2.05) is 6.07 Å². The van der Waals surface area contributed by atoms with Crippen LogP contribution in [0.1, 0.15) is 45.4 Å². The van der Waals surface area contributed by atoms with E-state index in [-0.39, 0.29) is 11.4 Å². The third kappa shape index (κ3) is 2.63. The van der Waals surface area contributed by atoms with E-state index in [1.54, 1.807) is 12.1 Å². The van der Waals surface area contributed by atoms with Crippen LogP contribution >= 0.6 is 0 Å². The van der Waals surface area contributed by atoms with Gasteiger partial charge in [-0.15, -0.1) is 0 Å². The van der Waals surface area contributed by atoms with Crippen LogP contribution < -0.4 is 10.6 Å². The number of nitrogens with zero attached hydrogens (tertiary/aromatic N) is 2. The van der Waals surface area contributed by atoms with Gasteiger partial charge in [0.05, 0.1) is 12.1 Å². The van der Waals surface area contributed by atoms with Crippen molar-refractivity contribution in [3.05, 3.63) is 30.1 Å². The smallest absolute Gasteiger partial charge is 0.196 e. The molecule has 1 fully saturated rings. The lowest BCUT2D eigenvalue weighted by Gasteiger charge is -2.39. The Morgan fingerprint density at radius 3 is 3.00 bits per heavy atom. The Morgan fingerprint density at radius 2 is 2.24 bits per heavy atom. The number of hydrogen-bond donors (Lipinski definition) is 1. The maximum atomic E-state index is 13.6. The number of guanidine groups is 1. The van der Waals surface area contributed by atoms with E-state index in [0.717, 1.165) is 31.0 Å². The lowest BCUT2D eigenvalue weighted by molar-refractivity contribution is 0.384. The predicted molar refractivity (Wildman–Crippen MR) is 85.0 cm³/mol. The largest absolute Gasteiger partial charge is 0.369 e. The molecule has 1 saturated carbocycles. The van der Waals surface area contributed by atoms with E-state index in [4.69, 9.17) is 5.73 Å². The molecule has 1 heterocycles. The van der Waals surface area contributed by atoms with Gasteiger partial charge in [-0.3, -0.25) is 4.99 Å². The minimum Gasteiger partial charge on any atom is -0.369 e. The number of hydrogen-bond acceptors (Lipinski definition) is 3. The zero-order chi connectivity index (χ0) is 14.9. The fourth-order valence-electron chi connectivity index (χ4n) is 3.89. The van der Waals surface area contributed by atoms with Crippen molar-refractivity contribution in [2.75, 3.05) is 11.4 Å². The van der Waals surface area contributed by atoms with E-state index in [1.165, 1.54) is 31.7 Å². The molecule has 114 valence electrons. The van der Waals surface area contributed by atoms with Crippen molar-refractivity contribution in [1.29, 1.82) is 0 Å². The van der Waals surface area contributed by atoms with Crippen molar-refractivity contribution < 1.29 is 4.39 Å². The van der Waals surface area contributed by atoms with Gasteiger partial charge < -0.3 is 10.6 Å². The van der Waals surface area contributed by atoms with Gasteiger partial charge in [-0.2, -0.15) is 0 Å². The van der Waals surface area contributed by atoms with E-state index >= 15 is 0 Å². The Bertz CT molecular complexity index is 543. The highest BCUT2D eigenvalue weighted by molar-refractivity contribution is 5.98. The third-order valence-electron chi connectivity index (χ3n) is 5.16. The summed E-state index contributed by atoms with van der Waals surface area (Å²) < 4.78 is 13.6. The van der Waals surface area contributed by atoms with Crippen LogP contribution in [0.3, 0.4) is 0 Å². The zero-order valence-corrected chi connectivity index (χ0v) is 12.7.